The summed E-state index contributed by atoms with van der Waals surface area (Å²) in [4.78, 5) is 12.1. The zero-order chi connectivity index (χ0) is 14.6. The summed E-state index contributed by atoms with van der Waals surface area (Å²) < 4.78 is 0. The lowest BCUT2D eigenvalue weighted by Crippen LogP contribution is -2.44. The number of amides is 1. The second-order valence-electron chi connectivity index (χ2n) is 5.45. The lowest BCUT2D eigenvalue weighted by molar-refractivity contribution is -0.117. The molecule has 106 valence electrons. The van der Waals surface area contributed by atoms with Crippen LogP contribution >= 0.6 is 11.6 Å². The van der Waals surface area contributed by atoms with E-state index in [1.807, 2.05) is 6.07 Å². The minimum Gasteiger partial charge on any atom is -0.325 e. The highest BCUT2D eigenvalue weighted by molar-refractivity contribution is 6.33. The average molecular weight is 292 g/mol. The minimum absolute atomic E-state index is 0.124. The lowest BCUT2D eigenvalue weighted by Gasteiger charge is -2.32. The molecule has 1 fully saturated rings. The standard InChI is InChI=1S/C15H18ClN3O/c16-12-8-11(10-17)4-5-13(12)19-14(20)9-15(18)6-2-1-3-7-15/h4-5,8H,1-3,6-7,9,18H2,(H,19,20). The molecule has 0 spiro atoms. The summed E-state index contributed by atoms with van der Waals surface area (Å²) in [5.74, 6) is -0.124. The van der Waals surface area contributed by atoms with Gasteiger partial charge in [-0.3, -0.25) is 4.79 Å². The highest BCUT2D eigenvalue weighted by atomic mass is 35.5. The van der Waals surface area contributed by atoms with E-state index >= 15 is 0 Å². The second-order valence-corrected chi connectivity index (χ2v) is 5.86. The number of rotatable bonds is 3. The first-order valence-corrected chi connectivity index (χ1v) is 7.19. The molecular weight excluding hydrogens is 274 g/mol. The van der Waals surface area contributed by atoms with Crippen molar-refractivity contribution in [3.8, 4) is 6.07 Å². The molecule has 0 radical (unpaired) electrons. The Hall–Kier alpha value is -1.57. The number of halogens is 1. The van der Waals surface area contributed by atoms with Crippen LogP contribution < -0.4 is 11.1 Å². The third kappa shape index (κ3) is 3.72. The number of carbonyl (C=O) groups excluding carboxylic acids is 1. The average Bonchev–Trinajstić information content (AvgIpc) is 2.41. The van der Waals surface area contributed by atoms with Gasteiger partial charge < -0.3 is 11.1 Å². The molecule has 1 aliphatic carbocycles. The van der Waals surface area contributed by atoms with Crippen molar-refractivity contribution >= 4 is 23.2 Å². The molecule has 1 aliphatic rings. The van der Waals surface area contributed by atoms with Gasteiger partial charge >= 0.3 is 0 Å². The quantitative estimate of drug-likeness (QED) is 0.897. The fourth-order valence-electron chi connectivity index (χ4n) is 2.63. The number of nitriles is 1. The number of hydrogen-bond acceptors (Lipinski definition) is 3. The van der Waals surface area contributed by atoms with Crippen LogP contribution in [0.4, 0.5) is 5.69 Å². The number of benzene rings is 1. The second kappa shape index (κ2) is 6.25. The topological polar surface area (TPSA) is 78.9 Å². The van der Waals surface area contributed by atoms with Gasteiger partial charge in [-0.25, -0.2) is 0 Å². The summed E-state index contributed by atoms with van der Waals surface area (Å²) in [5.41, 5.74) is 6.86. The Bertz CT molecular complexity index is 545. The van der Waals surface area contributed by atoms with Gasteiger partial charge in [0.25, 0.3) is 0 Å². The van der Waals surface area contributed by atoms with Crippen molar-refractivity contribution in [2.24, 2.45) is 5.73 Å². The Labute approximate surface area is 123 Å². The van der Waals surface area contributed by atoms with E-state index in [-0.39, 0.29) is 11.4 Å². The van der Waals surface area contributed by atoms with Gasteiger partial charge in [0.05, 0.1) is 22.3 Å². The van der Waals surface area contributed by atoms with Crippen LogP contribution in [0.5, 0.6) is 0 Å². The Morgan fingerprint density at radius 2 is 2.10 bits per heavy atom. The molecule has 1 aromatic carbocycles. The molecule has 4 nitrogen and oxygen atoms in total. The molecule has 0 heterocycles. The van der Waals surface area contributed by atoms with Gasteiger partial charge in [0.2, 0.25) is 5.91 Å². The van der Waals surface area contributed by atoms with Gasteiger partial charge in [0.15, 0.2) is 0 Å². The molecule has 5 heteroatoms. The van der Waals surface area contributed by atoms with Crippen LogP contribution in [0.1, 0.15) is 44.1 Å². The van der Waals surface area contributed by atoms with Crippen molar-refractivity contribution in [2.45, 2.75) is 44.1 Å². The van der Waals surface area contributed by atoms with Crippen LogP contribution in [-0.2, 0) is 4.79 Å². The highest BCUT2D eigenvalue weighted by Crippen LogP contribution is 2.29. The molecule has 3 N–H and O–H groups in total. The maximum atomic E-state index is 12.1. The van der Waals surface area contributed by atoms with Crippen molar-refractivity contribution in [3.63, 3.8) is 0 Å². The van der Waals surface area contributed by atoms with Crippen LogP contribution in [0.2, 0.25) is 5.02 Å². The first-order chi connectivity index (χ1) is 9.52. The third-order valence-electron chi connectivity index (χ3n) is 3.73. The minimum atomic E-state index is -0.387. The Morgan fingerprint density at radius 1 is 1.40 bits per heavy atom. The third-order valence-corrected chi connectivity index (χ3v) is 4.05. The summed E-state index contributed by atoms with van der Waals surface area (Å²) in [6, 6.07) is 6.81. The molecule has 1 aromatic rings. The number of nitrogens with zero attached hydrogens (tertiary/aromatic N) is 1. The van der Waals surface area contributed by atoms with E-state index in [9.17, 15) is 4.79 Å². The number of nitrogens with one attached hydrogen (secondary N) is 1. The summed E-state index contributed by atoms with van der Waals surface area (Å²) in [5, 5.41) is 11.9. The highest BCUT2D eigenvalue weighted by Gasteiger charge is 2.30. The van der Waals surface area contributed by atoms with Crippen LogP contribution in [-0.4, -0.2) is 11.4 Å². The summed E-state index contributed by atoms with van der Waals surface area (Å²) in [6.45, 7) is 0. The molecular formula is C15H18ClN3O. The first-order valence-electron chi connectivity index (χ1n) is 6.81. The number of nitrogens with two attached hydrogens (primary N) is 1. The van der Waals surface area contributed by atoms with E-state index in [0.29, 0.717) is 22.7 Å². The SMILES string of the molecule is N#Cc1ccc(NC(=O)CC2(N)CCCCC2)c(Cl)c1. The largest absolute Gasteiger partial charge is 0.325 e. The predicted molar refractivity (Wildman–Crippen MR) is 79.4 cm³/mol. The molecule has 0 aromatic heterocycles. The van der Waals surface area contributed by atoms with Crippen LogP contribution in [0.15, 0.2) is 18.2 Å². The number of carbonyl (C=O) groups is 1. The molecule has 0 unspecified atom stereocenters. The van der Waals surface area contributed by atoms with Crippen molar-refractivity contribution in [1.29, 1.82) is 5.26 Å². The van der Waals surface area contributed by atoms with E-state index in [4.69, 9.17) is 22.6 Å². The summed E-state index contributed by atoms with van der Waals surface area (Å²) in [7, 11) is 0. The maximum Gasteiger partial charge on any atom is 0.226 e. The van der Waals surface area contributed by atoms with Crippen molar-refractivity contribution < 1.29 is 4.79 Å². The van der Waals surface area contributed by atoms with Crippen LogP contribution in [0, 0.1) is 11.3 Å². The van der Waals surface area contributed by atoms with Crippen LogP contribution in [0.25, 0.3) is 0 Å². The monoisotopic (exact) mass is 291 g/mol. The van der Waals surface area contributed by atoms with Crippen molar-refractivity contribution in [2.75, 3.05) is 5.32 Å². The maximum absolute atomic E-state index is 12.1. The molecule has 1 saturated carbocycles. The van der Waals surface area contributed by atoms with Crippen molar-refractivity contribution in [1.82, 2.24) is 0 Å². The van der Waals surface area contributed by atoms with E-state index in [2.05, 4.69) is 5.32 Å². The lowest BCUT2D eigenvalue weighted by atomic mass is 9.80. The van der Waals surface area contributed by atoms with Crippen LogP contribution in [0.3, 0.4) is 0 Å². The summed E-state index contributed by atoms with van der Waals surface area (Å²) in [6.07, 6.45) is 5.46. The Balaban J connectivity index is 1.99. The number of anilines is 1. The zero-order valence-corrected chi connectivity index (χ0v) is 12.0. The van der Waals surface area contributed by atoms with Gasteiger partial charge in [-0.05, 0) is 31.0 Å². The fraction of sp³-hybridized carbons (Fsp3) is 0.467. The number of hydrogen-bond donors (Lipinski definition) is 2. The molecule has 20 heavy (non-hydrogen) atoms. The molecule has 0 aliphatic heterocycles. The van der Waals surface area contributed by atoms with Gasteiger partial charge in [0.1, 0.15) is 0 Å². The summed E-state index contributed by atoms with van der Waals surface area (Å²) >= 11 is 6.03. The Morgan fingerprint density at radius 3 is 2.70 bits per heavy atom. The molecule has 1 amide bonds. The van der Waals surface area contributed by atoms with Crippen molar-refractivity contribution in [3.05, 3.63) is 28.8 Å². The van der Waals surface area contributed by atoms with Gasteiger partial charge in [0, 0.05) is 12.0 Å². The Kier molecular flexibility index (Phi) is 4.64. The van der Waals surface area contributed by atoms with Gasteiger partial charge in [-0.2, -0.15) is 5.26 Å². The molecule has 0 bridgehead atoms. The van der Waals surface area contributed by atoms with E-state index < -0.39 is 0 Å². The molecule has 0 saturated heterocycles. The van der Waals surface area contributed by atoms with Gasteiger partial charge in [-0.15, -0.1) is 0 Å². The molecule has 2 rings (SSSR count). The molecule has 0 atom stereocenters. The van der Waals surface area contributed by atoms with E-state index in [0.717, 1.165) is 25.7 Å². The zero-order valence-electron chi connectivity index (χ0n) is 11.3. The van der Waals surface area contributed by atoms with E-state index in [1.165, 1.54) is 12.5 Å². The van der Waals surface area contributed by atoms with Gasteiger partial charge in [-0.1, -0.05) is 30.9 Å². The van der Waals surface area contributed by atoms with E-state index in [1.54, 1.807) is 12.1 Å². The predicted octanol–water partition coefficient (Wildman–Crippen LogP) is 3.20. The first kappa shape index (κ1) is 14.8. The fourth-order valence-corrected chi connectivity index (χ4v) is 2.86. The smallest absolute Gasteiger partial charge is 0.226 e. The normalized spacial score (nSPS) is 17.2.